The van der Waals surface area contributed by atoms with E-state index in [1.54, 1.807) is 0 Å². The van der Waals surface area contributed by atoms with Crippen LogP contribution in [-0.2, 0) is 6.54 Å². The molecule has 0 bridgehead atoms. The number of benzene rings is 1. The van der Waals surface area contributed by atoms with Gasteiger partial charge in [0.25, 0.3) is 5.91 Å². The van der Waals surface area contributed by atoms with E-state index in [0.717, 1.165) is 10.7 Å². The predicted molar refractivity (Wildman–Crippen MR) is 72.1 cm³/mol. The highest BCUT2D eigenvalue weighted by molar-refractivity contribution is 9.10. The van der Waals surface area contributed by atoms with Gasteiger partial charge < -0.3 is 5.32 Å². The maximum atomic E-state index is 12.9. The summed E-state index contributed by atoms with van der Waals surface area (Å²) in [5, 5.41) is 5.60. The summed E-state index contributed by atoms with van der Waals surface area (Å²) in [6.07, 6.45) is 0. The molecule has 0 radical (unpaired) electrons. The fraction of sp³-hybridized carbons (Fsp3) is 0.167. The van der Waals surface area contributed by atoms with E-state index in [-0.39, 0.29) is 11.7 Å². The maximum absolute atomic E-state index is 12.9. The van der Waals surface area contributed by atoms with Crippen molar-refractivity contribution in [2.45, 2.75) is 13.5 Å². The standard InChI is InChI=1S/C12H10BrFN2OS/c1-7-16-9(6-18-7)5-15-12(17)10-3-2-8(14)4-11(10)13/h2-4,6H,5H2,1H3,(H,15,17). The van der Waals surface area contributed by atoms with Gasteiger partial charge in [0.05, 0.1) is 22.8 Å². The molecule has 2 rings (SSSR count). The number of carbonyl (C=O) groups excluding carboxylic acids is 1. The van der Waals surface area contributed by atoms with Crippen LogP contribution in [0.3, 0.4) is 0 Å². The van der Waals surface area contributed by atoms with Crippen LogP contribution in [-0.4, -0.2) is 10.9 Å². The van der Waals surface area contributed by atoms with Crippen molar-refractivity contribution in [1.29, 1.82) is 0 Å². The Bertz CT molecular complexity index is 585. The monoisotopic (exact) mass is 328 g/mol. The van der Waals surface area contributed by atoms with E-state index in [9.17, 15) is 9.18 Å². The second-order valence-electron chi connectivity index (χ2n) is 3.66. The topological polar surface area (TPSA) is 42.0 Å². The zero-order chi connectivity index (χ0) is 13.1. The van der Waals surface area contributed by atoms with Crippen molar-refractivity contribution in [3.8, 4) is 0 Å². The SMILES string of the molecule is Cc1nc(CNC(=O)c2ccc(F)cc2Br)cs1. The van der Waals surface area contributed by atoms with Crippen LogP contribution in [0, 0.1) is 12.7 Å². The van der Waals surface area contributed by atoms with Gasteiger partial charge in [-0.05, 0) is 41.1 Å². The Hall–Kier alpha value is -1.27. The number of carbonyl (C=O) groups is 1. The molecule has 2 aromatic rings. The van der Waals surface area contributed by atoms with Crippen LogP contribution in [0.15, 0.2) is 28.1 Å². The number of hydrogen-bond donors (Lipinski definition) is 1. The summed E-state index contributed by atoms with van der Waals surface area (Å²) in [6, 6.07) is 3.97. The highest BCUT2D eigenvalue weighted by atomic mass is 79.9. The number of aromatic nitrogens is 1. The zero-order valence-electron chi connectivity index (χ0n) is 9.54. The van der Waals surface area contributed by atoms with Gasteiger partial charge in [-0.1, -0.05) is 0 Å². The number of aryl methyl sites for hydroxylation is 1. The van der Waals surface area contributed by atoms with Crippen molar-refractivity contribution in [3.05, 3.63) is 50.1 Å². The molecule has 1 aromatic carbocycles. The van der Waals surface area contributed by atoms with Gasteiger partial charge >= 0.3 is 0 Å². The van der Waals surface area contributed by atoms with Crippen molar-refractivity contribution in [2.24, 2.45) is 0 Å². The van der Waals surface area contributed by atoms with Crippen LogP contribution >= 0.6 is 27.3 Å². The van der Waals surface area contributed by atoms with Crippen molar-refractivity contribution < 1.29 is 9.18 Å². The minimum Gasteiger partial charge on any atom is -0.346 e. The summed E-state index contributed by atoms with van der Waals surface area (Å²) in [6.45, 7) is 2.28. The minimum absolute atomic E-state index is 0.257. The maximum Gasteiger partial charge on any atom is 0.252 e. The summed E-state index contributed by atoms with van der Waals surface area (Å²) in [5.74, 6) is -0.638. The van der Waals surface area contributed by atoms with Gasteiger partial charge in [0, 0.05) is 9.85 Å². The zero-order valence-corrected chi connectivity index (χ0v) is 11.9. The van der Waals surface area contributed by atoms with Gasteiger partial charge in [-0.25, -0.2) is 9.37 Å². The Balaban J connectivity index is 2.03. The third-order valence-corrected chi connectivity index (χ3v) is 3.75. The van der Waals surface area contributed by atoms with Crippen molar-refractivity contribution in [2.75, 3.05) is 0 Å². The lowest BCUT2D eigenvalue weighted by Crippen LogP contribution is -2.23. The molecular formula is C12H10BrFN2OS. The summed E-state index contributed by atoms with van der Waals surface area (Å²) in [7, 11) is 0. The molecule has 0 fully saturated rings. The van der Waals surface area contributed by atoms with Crippen molar-refractivity contribution >= 4 is 33.2 Å². The van der Waals surface area contributed by atoms with E-state index in [4.69, 9.17) is 0 Å². The first-order valence-electron chi connectivity index (χ1n) is 5.20. The Morgan fingerprint density at radius 3 is 2.94 bits per heavy atom. The third kappa shape index (κ3) is 3.14. The van der Waals surface area contributed by atoms with E-state index in [1.807, 2.05) is 12.3 Å². The number of halogens is 2. The molecule has 1 N–H and O–H groups in total. The molecular weight excluding hydrogens is 319 g/mol. The first-order valence-corrected chi connectivity index (χ1v) is 6.88. The van der Waals surface area contributed by atoms with E-state index < -0.39 is 0 Å². The lowest BCUT2D eigenvalue weighted by molar-refractivity contribution is 0.0949. The average molecular weight is 329 g/mol. The fourth-order valence-corrected chi connectivity index (χ4v) is 2.57. The molecule has 94 valence electrons. The largest absolute Gasteiger partial charge is 0.346 e. The van der Waals surface area contributed by atoms with Crippen LogP contribution in [0.4, 0.5) is 4.39 Å². The smallest absolute Gasteiger partial charge is 0.252 e. The number of nitrogens with zero attached hydrogens (tertiary/aromatic N) is 1. The summed E-state index contributed by atoms with van der Waals surface area (Å²) in [4.78, 5) is 16.1. The van der Waals surface area contributed by atoms with Gasteiger partial charge in [0.15, 0.2) is 0 Å². The normalized spacial score (nSPS) is 10.4. The Morgan fingerprint density at radius 1 is 1.56 bits per heavy atom. The van der Waals surface area contributed by atoms with E-state index in [1.165, 1.54) is 29.5 Å². The molecule has 0 aliphatic heterocycles. The first-order chi connectivity index (χ1) is 8.56. The summed E-state index contributed by atoms with van der Waals surface area (Å²) < 4.78 is 13.3. The van der Waals surface area contributed by atoms with E-state index in [2.05, 4.69) is 26.2 Å². The summed E-state index contributed by atoms with van der Waals surface area (Å²) >= 11 is 4.70. The molecule has 0 atom stereocenters. The molecule has 3 nitrogen and oxygen atoms in total. The number of hydrogen-bond acceptors (Lipinski definition) is 3. The quantitative estimate of drug-likeness (QED) is 0.939. The van der Waals surface area contributed by atoms with Crippen molar-refractivity contribution in [1.82, 2.24) is 10.3 Å². The molecule has 0 spiro atoms. The Labute approximate surface area is 116 Å². The lowest BCUT2D eigenvalue weighted by atomic mass is 10.2. The van der Waals surface area contributed by atoms with Crippen LogP contribution in [0.25, 0.3) is 0 Å². The van der Waals surface area contributed by atoms with Gasteiger partial charge in [-0.2, -0.15) is 0 Å². The number of nitrogens with one attached hydrogen (secondary N) is 1. The Kier molecular flexibility index (Phi) is 4.08. The highest BCUT2D eigenvalue weighted by Gasteiger charge is 2.10. The van der Waals surface area contributed by atoms with Gasteiger partial charge in [0.1, 0.15) is 5.82 Å². The number of rotatable bonds is 3. The van der Waals surface area contributed by atoms with Gasteiger partial charge in [-0.3, -0.25) is 4.79 Å². The molecule has 0 aliphatic carbocycles. The first kappa shape index (κ1) is 13.2. The lowest BCUT2D eigenvalue weighted by Gasteiger charge is -2.05. The highest BCUT2D eigenvalue weighted by Crippen LogP contribution is 2.18. The van der Waals surface area contributed by atoms with Crippen LogP contribution in [0.1, 0.15) is 21.1 Å². The van der Waals surface area contributed by atoms with Gasteiger partial charge in [-0.15, -0.1) is 11.3 Å². The molecule has 6 heteroatoms. The molecule has 0 saturated heterocycles. The van der Waals surface area contributed by atoms with Crippen LogP contribution < -0.4 is 5.32 Å². The van der Waals surface area contributed by atoms with E-state index in [0.29, 0.717) is 16.6 Å². The fourth-order valence-electron chi connectivity index (χ4n) is 1.43. The minimum atomic E-state index is -0.381. The second-order valence-corrected chi connectivity index (χ2v) is 5.58. The molecule has 0 saturated carbocycles. The molecule has 0 unspecified atom stereocenters. The molecule has 0 aliphatic rings. The number of amides is 1. The third-order valence-electron chi connectivity index (χ3n) is 2.27. The van der Waals surface area contributed by atoms with Crippen LogP contribution in [0.2, 0.25) is 0 Å². The average Bonchev–Trinajstić information content (AvgIpc) is 2.72. The van der Waals surface area contributed by atoms with Gasteiger partial charge in [0.2, 0.25) is 0 Å². The molecule has 18 heavy (non-hydrogen) atoms. The molecule has 1 heterocycles. The van der Waals surface area contributed by atoms with Crippen LogP contribution in [0.5, 0.6) is 0 Å². The molecule has 1 amide bonds. The van der Waals surface area contributed by atoms with E-state index >= 15 is 0 Å². The van der Waals surface area contributed by atoms with Crippen molar-refractivity contribution in [3.63, 3.8) is 0 Å². The second kappa shape index (κ2) is 5.58. The summed E-state index contributed by atoms with van der Waals surface area (Å²) in [5.41, 5.74) is 1.23. The number of thiazole rings is 1. The predicted octanol–water partition coefficient (Wildman–Crippen LogP) is 3.28. The molecule has 1 aromatic heterocycles. The Morgan fingerprint density at radius 2 is 2.33 bits per heavy atom.